The standard InChI is InChI=1S/C16H15N3OS/c17-10-12-3-1-4-13(9-12)18-16(20)19(14-6-7-14)11-15-5-2-8-21-15/h1-5,8-9,14H,6-7,11H2,(H,18,20). The first-order valence-corrected chi connectivity index (χ1v) is 7.74. The summed E-state index contributed by atoms with van der Waals surface area (Å²) in [5.74, 6) is 0. The van der Waals surface area contributed by atoms with Crippen molar-refractivity contribution in [3.8, 4) is 6.07 Å². The zero-order valence-corrected chi connectivity index (χ0v) is 12.3. The van der Waals surface area contributed by atoms with Gasteiger partial charge in [-0.15, -0.1) is 11.3 Å². The monoisotopic (exact) mass is 297 g/mol. The Morgan fingerprint density at radius 3 is 2.90 bits per heavy atom. The topological polar surface area (TPSA) is 56.1 Å². The Hall–Kier alpha value is -2.32. The number of urea groups is 1. The summed E-state index contributed by atoms with van der Waals surface area (Å²) in [4.78, 5) is 15.5. The molecule has 1 aromatic heterocycles. The molecule has 1 aliphatic rings. The van der Waals surface area contributed by atoms with E-state index in [4.69, 9.17) is 5.26 Å². The molecule has 2 amide bonds. The van der Waals surface area contributed by atoms with Crippen LogP contribution >= 0.6 is 11.3 Å². The fraction of sp³-hybridized carbons (Fsp3) is 0.250. The Bertz CT molecular complexity index is 671. The fourth-order valence-corrected chi connectivity index (χ4v) is 2.89. The van der Waals surface area contributed by atoms with Gasteiger partial charge in [-0.2, -0.15) is 5.26 Å². The van der Waals surface area contributed by atoms with Gasteiger partial charge in [0.2, 0.25) is 0 Å². The highest BCUT2D eigenvalue weighted by atomic mass is 32.1. The molecule has 1 aromatic carbocycles. The molecule has 0 spiro atoms. The number of hydrogen-bond donors (Lipinski definition) is 1. The maximum absolute atomic E-state index is 12.5. The molecule has 1 aliphatic carbocycles. The average molecular weight is 297 g/mol. The minimum absolute atomic E-state index is 0.0963. The molecule has 4 nitrogen and oxygen atoms in total. The number of rotatable bonds is 4. The number of nitriles is 1. The zero-order valence-electron chi connectivity index (χ0n) is 11.5. The lowest BCUT2D eigenvalue weighted by Crippen LogP contribution is -2.36. The number of nitrogens with zero attached hydrogens (tertiary/aromatic N) is 2. The second kappa shape index (κ2) is 5.98. The van der Waals surface area contributed by atoms with Crippen molar-refractivity contribution >= 4 is 23.1 Å². The number of carbonyl (C=O) groups is 1. The lowest BCUT2D eigenvalue weighted by Gasteiger charge is -2.22. The molecule has 1 N–H and O–H groups in total. The third kappa shape index (κ3) is 3.41. The molecule has 21 heavy (non-hydrogen) atoms. The molecule has 0 radical (unpaired) electrons. The number of anilines is 1. The summed E-state index contributed by atoms with van der Waals surface area (Å²) in [5.41, 5.74) is 1.21. The molecule has 1 fully saturated rings. The molecule has 1 heterocycles. The van der Waals surface area contributed by atoms with Gasteiger partial charge in [0.1, 0.15) is 0 Å². The molecule has 3 rings (SSSR count). The van der Waals surface area contributed by atoms with E-state index < -0.39 is 0 Å². The number of benzene rings is 1. The second-order valence-electron chi connectivity index (χ2n) is 5.06. The molecule has 106 valence electrons. The highest BCUT2D eigenvalue weighted by Crippen LogP contribution is 2.29. The summed E-state index contributed by atoms with van der Waals surface area (Å²) in [6.45, 7) is 0.645. The third-order valence-corrected chi connectivity index (χ3v) is 4.26. The van der Waals surface area contributed by atoms with E-state index in [1.807, 2.05) is 22.4 Å². The molecule has 0 atom stereocenters. The first-order valence-electron chi connectivity index (χ1n) is 6.86. The predicted molar refractivity (Wildman–Crippen MR) is 83.1 cm³/mol. The maximum Gasteiger partial charge on any atom is 0.322 e. The summed E-state index contributed by atoms with van der Waals surface area (Å²) in [6.07, 6.45) is 2.13. The first-order chi connectivity index (χ1) is 10.3. The van der Waals surface area contributed by atoms with Crippen LogP contribution in [0.15, 0.2) is 41.8 Å². The van der Waals surface area contributed by atoms with Gasteiger partial charge in [-0.3, -0.25) is 0 Å². The van der Waals surface area contributed by atoms with Gasteiger partial charge in [-0.05, 0) is 42.5 Å². The van der Waals surface area contributed by atoms with Gasteiger partial charge in [0.05, 0.1) is 18.2 Å². The van der Waals surface area contributed by atoms with Gasteiger partial charge in [-0.25, -0.2) is 4.79 Å². The highest BCUT2D eigenvalue weighted by molar-refractivity contribution is 7.09. The van der Waals surface area contributed by atoms with Gasteiger partial charge in [0.15, 0.2) is 0 Å². The molecule has 2 aromatic rings. The van der Waals surface area contributed by atoms with Crippen LogP contribution in [-0.4, -0.2) is 17.0 Å². The molecule has 0 unspecified atom stereocenters. The Labute approximate surface area is 127 Å². The minimum Gasteiger partial charge on any atom is -0.316 e. The van der Waals surface area contributed by atoms with E-state index in [0.29, 0.717) is 23.8 Å². The van der Waals surface area contributed by atoms with Crippen molar-refractivity contribution in [2.45, 2.75) is 25.4 Å². The van der Waals surface area contributed by atoms with E-state index in [1.54, 1.807) is 35.6 Å². The molecule has 0 bridgehead atoms. The van der Waals surface area contributed by atoms with Gasteiger partial charge < -0.3 is 10.2 Å². The van der Waals surface area contributed by atoms with E-state index in [-0.39, 0.29) is 6.03 Å². The molecule has 5 heteroatoms. The lowest BCUT2D eigenvalue weighted by atomic mass is 10.2. The van der Waals surface area contributed by atoms with Gasteiger partial charge in [0.25, 0.3) is 0 Å². The fourth-order valence-electron chi connectivity index (χ4n) is 2.19. The van der Waals surface area contributed by atoms with Crippen molar-refractivity contribution in [2.75, 3.05) is 5.32 Å². The van der Waals surface area contributed by atoms with Crippen LogP contribution in [0.1, 0.15) is 23.3 Å². The summed E-state index contributed by atoms with van der Waals surface area (Å²) >= 11 is 1.66. The second-order valence-corrected chi connectivity index (χ2v) is 6.09. The SMILES string of the molecule is N#Cc1cccc(NC(=O)N(Cc2cccs2)C2CC2)c1. The smallest absolute Gasteiger partial charge is 0.316 e. The van der Waals surface area contributed by atoms with Crippen molar-refractivity contribution in [3.63, 3.8) is 0 Å². The van der Waals surface area contributed by atoms with Crippen molar-refractivity contribution in [3.05, 3.63) is 52.2 Å². The summed E-state index contributed by atoms with van der Waals surface area (Å²) in [6, 6.07) is 13.3. The molecular weight excluding hydrogens is 282 g/mol. The van der Waals surface area contributed by atoms with Crippen molar-refractivity contribution in [1.82, 2.24) is 4.90 Å². The van der Waals surface area contributed by atoms with Gasteiger partial charge in [-0.1, -0.05) is 12.1 Å². The molecule has 0 aliphatic heterocycles. The maximum atomic E-state index is 12.5. The molecule has 1 saturated carbocycles. The third-order valence-electron chi connectivity index (χ3n) is 3.40. The average Bonchev–Trinajstić information content (AvgIpc) is 3.21. The van der Waals surface area contributed by atoms with E-state index in [2.05, 4.69) is 11.4 Å². The molecule has 0 saturated heterocycles. The molecular formula is C16H15N3OS. The minimum atomic E-state index is -0.0963. The van der Waals surface area contributed by atoms with Crippen molar-refractivity contribution < 1.29 is 4.79 Å². The normalized spacial score (nSPS) is 13.5. The first kappa shape index (κ1) is 13.7. The Kier molecular flexibility index (Phi) is 3.89. The van der Waals surface area contributed by atoms with Crippen LogP contribution in [-0.2, 0) is 6.54 Å². The van der Waals surface area contributed by atoms with Gasteiger partial charge >= 0.3 is 6.03 Å². The number of amides is 2. The van der Waals surface area contributed by atoms with Crippen LogP contribution in [0.5, 0.6) is 0 Å². The van der Waals surface area contributed by atoms with Gasteiger partial charge in [0, 0.05) is 16.6 Å². The Balaban J connectivity index is 1.71. The van der Waals surface area contributed by atoms with Crippen LogP contribution in [0.25, 0.3) is 0 Å². The summed E-state index contributed by atoms with van der Waals surface area (Å²) < 4.78 is 0. The number of hydrogen-bond acceptors (Lipinski definition) is 3. The van der Waals surface area contributed by atoms with E-state index in [1.165, 1.54) is 4.88 Å². The van der Waals surface area contributed by atoms with Crippen LogP contribution in [0.2, 0.25) is 0 Å². The number of carbonyl (C=O) groups excluding carboxylic acids is 1. The summed E-state index contributed by atoms with van der Waals surface area (Å²) in [7, 11) is 0. The van der Waals surface area contributed by atoms with E-state index in [0.717, 1.165) is 12.8 Å². The Morgan fingerprint density at radius 1 is 1.38 bits per heavy atom. The van der Waals surface area contributed by atoms with Crippen molar-refractivity contribution in [2.24, 2.45) is 0 Å². The zero-order chi connectivity index (χ0) is 14.7. The number of thiophene rings is 1. The van der Waals surface area contributed by atoms with Crippen LogP contribution in [0.4, 0.5) is 10.5 Å². The van der Waals surface area contributed by atoms with E-state index in [9.17, 15) is 4.79 Å². The van der Waals surface area contributed by atoms with Crippen LogP contribution < -0.4 is 5.32 Å². The Morgan fingerprint density at radius 2 is 2.24 bits per heavy atom. The predicted octanol–water partition coefficient (Wildman–Crippen LogP) is 3.82. The van der Waals surface area contributed by atoms with Crippen molar-refractivity contribution in [1.29, 1.82) is 5.26 Å². The highest BCUT2D eigenvalue weighted by Gasteiger charge is 2.32. The van der Waals surface area contributed by atoms with Crippen LogP contribution in [0.3, 0.4) is 0 Å². The summed E-state index contributed by atoms with van der Waals surface area (Å²) in [5, 5.41) is 13.8. The van der Waals surface area contributed by atoms with E-state index >= 15 is 0 Å². The number of nitrogens with one attached hydrogen (secondary N) is 1. The van der Waals surface area contributed by atoms with Crippen LogP contribution in [0, 0.1) is 11.3 Å². The largest absolute Gasteiger partial charge is 0.322 e. The quantitative estimate of drug-likeness (QED) is 0.932. The lowest BCUT2D eigenvalue weighted by molar-refractivity contribution is 0.206.